The van der Waals surface area contributed by atoms with Gasteiger partial charge in [0.25, 0.3) is 0 Å². The molecule has 0 radical (unpaired) electrons. The van der Waals surface area contributed by atoms with Crippen molar-refractivity contribution in [1.82, 2.24) is 0 Å². The SMILES string of the molecule is CCCCCCC(C)(C)C(C(=O)[O-])C(=O)[O-].[K+].[Na+]. The third-order valence-electron chi connectivity index (χ3n) is 2.93. The number of hydrogen-bond donors (Lipinski definition) is 0. The fourth-order valence-corrected chi connectivity index (χ4v) is 1.89. The number of unbranched alkanes of at least 4 members (excludes halogenated alkanes) is 3. The molecule has 0 saturated heterocycles. The summed E-state index contributed by atoms with van der Waals surface area (Å²) in [5, 5.41) is 21.5. The molecule has 0 bridgehead atoms. The Labute approximate surface area is 174 Å². The first-order valence-corrected chi connectivity index (χ1v) is 5.74. The monoisotopic (exact) mass is 290 g/mol. The van der Waals surface area contributed by atoms with E-state index in [1.165, 1.54) is 0 Å². The molecule has 0 atom stereocenters. The van der Waals surface area contributed by atoms with Crippen LogP contribution in [0.15, 0.2) is 0 Å². The second-order valence-corrected chi connectivity index (χ2v) is 4.87. The molecule has 0 aliphatic rings. The van der Waals surface area contributed by atoms with Crippen molar-refractivity contribution in [2.24, 2.45) is 11.3 Å². The first-order valence-electron chi connectivity index (χ1n) is 5.74. The number of carboxylic acids is 2. The Balaban J connectivity index is -0.00000112. The van der Waals surface area contributed by atoms with Gasteiger partial charge in [0.05, 0.1) is 11.9 Å². The Hall–Kier alpha value is 1.58. The molecular weight excluding hydrogens is 270 g/mol. The fourth-order valence-electron chi connectivity index (χ4n) is 1.89. The Morgan fingerprint density at radius 1 is 1.06 bits per heavy atom. The number of rotatable bonds is 8. The third kappa shape index (κ3) is 9.48. The van der Waals surface area contributed by atoms with Crippen LogP contribution in [0.25, 0.3) is 0 Å². The number of carbonyl (C=O) groups is 2. The molecule has 0 saturated carbocycles. The summed E-state index contributed by atoms with van der Waals surface area (Å²) >= 11 is 0. The predicted octanol–water partition coefficient (Wildman–Crippen LogP) is -5.89. The van der Waals surface area contributed by atoms with Crippen LogP contribution in [0.5, 0.6) is 0 Å². The van der Waals surface area contributed by atoms with Gasteiger partial charge in [0.1, 0.15) is 0 Å². The fraction of sp³-hybridized carbons (Fsp3) is 0.833. The van der Waals surface area contributed by atoms with Crippen molar-refractivity contribution in [3.63, 3.8) is 0 Å². The van der Waals surface area contributed by atoms with Crippen LogP contribution < -0.4 is 91.2 Å². The second-order valence-electron chi connectivity index (χ2n) is 4.87. The first-order chi connectivity index (χ1) is 7.33. The van der Waals surface area contributed by atoms with Gasteiger partial charge in [-0.25, -0.2) is 0 Å². The zero-order valence-corrected chi connectivity index (χ0v) is 17.4. The van der Waals surface area contributed by atoms with E-state index in [1.54, 1.807) is 13.8 Å². The van der Waals surface area contributed by atoms with Gasteiger partial charge in [-0.05, 0) is 11.8 Å². The molecule has 6 heteroatoms. The van der Waals surface area contributed by atoms with Gasteiger partial charge in [-0.1, -0.05) is 46.5 Å². The van der Waals surface area contributed by atoms with Gasteiger partial charge in [0, 0.05) is 5.92 Å². The maximum absolute atomic E-state index is 10.7. The molecule has 0 unspecified atom stereocenters. The van der Waals surface area contributed by atoms with Crippen LogP contribution in [0, 0.1) is 11.3 Å². The van der Waals surface area contributed by atoms with E-state index in [4.69, 9.17) is 0 Å². The minimum atomic E-state index is -1.56. The van der Waals surface area contributed by atoms with E-state index >= 15 is 0 Å². The van der Waals surface area contributed by atoms with Gasteiger partial charge < -0.3 is 19.8 Å². The summed E-state index contributed by atoms with van der Waals surface area (Å²) in [4.78, 5) is 21.5. The number of carbonyl (C=O) groups excluding carboxylic acids is 2. The number of aliphatic carboxylic acids is 2. The van der Waals surface area contributed by atoms with Crippen molar-refractivity contribution in [3.8, 4) is 0 Å². The minimum Gasteiger partial charge on any atom is -0.549 e. The van der Waals surface area contributed by atoms with Gasteiger partial charge in [-0.3, -0.25) is 0 Å². The van der Waals surface area contributed by atoms with Gasteiger partial charge in [0.15, 0.2) is 0 Å². The van der Waals surface area contributed by atoms with Crippen molar-refractivity contribution in [2.75, 3.05) is 0 Å². The molecule has 0 fully saturated rings. The van der Waals surface area contributed by atoms with Crippen LogP contribution >= 0.6 is 0 Å². The molecule has 0 spiro atoms. The maximum atomic E-state index is 10.7. The minimum absolute atomic E-state index is 0. The summed E-state index contributed by atoms with van der Waals surface area (Å²) in [5.41, 5.74) is -0.814. The summed E-state index contributed by atoms with van der Waals surface area (Å²) in [5.74, 6) is -4.64. The molecule has 0 aromatic heterocycles. The topological polar surface area (TPSA) is 80.3 Å². The van der Waals surface area contributed by atoms with Crippen LogP contribution in [-0.4, -0.2) is 11.9 Å². The zero-order chi connectivity index (χ0) is 12.8. The Bertz CT molecular complexity index is 242. The van der Waals surface area contributed by atoms with Crippen LogP contribution in [0.4, 0.5) is 0 Å². The molecule has 0 N–H and O–H groups in total. The van der Waals surface area contributed by atoms with E-state index in [2.05, 4.69) is 6.92 Å². The van der Waals surface area contributed by atoms with Crippen molar-refractivity contribution < 1.29 is 101 Å². The van der Waals surface area contributed by atoms with Gasteiger partial charge in [-0.15, -0.1) is 0 Å². The van der Waals surface area contributed by atoms with Crippen molar-refractivity contribution in [2.45, 2.75) is 52.9 Å². The largest absolute Gasteiger partial charge is 1.00 e. The second kappa shape index (κ2) is 12.3. The quantitative estimate of drug-likeness (QED) is 0.253. The first kappa shape index (κ1) is 24.6. The average Bonchev–Trinajstić information content (AvgIpc) is 2.10. The normalized spacial score (nSPS) is 10.4. The predicted molar refractivity (Wildman–Crippen MR) is 56.0 cm³/mol. The average molecular weight is 290 g/mol. The summed E-state index contributed by atoms with van der Waals surface area (Å²) in [6, 6.07) is 0. The van der Waals surface area contributed by atoms with Crippen molar-refractivity contribution >= 4 is 11.9 Å². The molecule has 0 rings (SSSR count). The number of carboxylic acid groups (broad SMARTS) is 2. The third-order valence-corrected chi connectivity index (χ3v) is 2.93. The van der Waals surface area contributed by atoms with Gasteiger partial charge in [0.2, 0.25) is 0 Å². The van der Waals surface area contributed by atoms with E-state index in [1.807, 2.05) is 0 Å². The van der Waals surface area contributed by atoms with Gasteiger partial charge in [-0.2, -0.15) is 0 Å². The summed E-state index contributed by atoms with van der Waals surface area (Å²) in [7, 11) is 0. The smallest absolute Gasteiger partial charge is 0.549 e. The standard InChI is InChI=1S/C12H22O4.K.Na/c1-4-5-6-7-8-12(2,3)9(10(13)14)11(15)16;;/h9H,4-8H2,1-3H3,(H,13,14)(H,15,16);;/q;2*+1/p-2. The van der Waals surface area contributed by atoms with Crippen LogP contribution in [0.3, 0.4) is 0 Å². The van der Waals surface area contributed by atoms with E-state index in [0.29, 0.717) is 6.42 Å². The van der Waals surface area contributed by atoms with E-state index in [9.17, 15) is 19.8 Å². The van der Waals surface area contributed by atoms with E-state index in [0.717, 1.165) is 25.7 Å². The Kier molecular flexibility index (Phi) is 16.8. The zero-order valence-electron chi connectivity index (χ0n) is 12.2. The number of hydrogen-bond acceptors (Lipinski definition) is 4. The summed E-state index contributed by atoms with van der Waals surface area (Å²) < 4.78 is 0. The molecule has 18 heavy (non-hydrogen) atoms. The van der Waals surface area contributed by atoms with E-state index in [-0.39, 0.29) is 80.9 Å². The molecule has 0 aromatic carbocycles. The van der Waals surface area contributed by atoms with Gasteiger partial charge >= 0.3 is 80.9 Å². The Morgan fingerprint density at radius 2 is 1.50 bits per heavy atom. The summed E-state index contributed by atoms with van der Waals surface area (Å²) in [6.07, 6.45) is 4.55. The molecule has 0 amide bonds. The molecule has 4 nitrogen and oxygen atoms in total. The Morgan fingerprint density at radius 3 is 1.83 bits per heavy atom. The van der Waals surface area contributed by atoms with Crippen molar-refractivity contribution in [1.29, 1.82) is 0 Å². The molecular formula is C12H20KNaO4. The molecule has 0 aliphatic carbocycles. The molecule has 94 valence electrons. The molecule has 0 aromatic rings. The van der Waals surface area contributed by atoms with Crippen molar-refractivity contribution in [3.05, 3.63) is 0 Å². The van der Waals surface area contributed by atoms with Crippen LogP contribution in [0.2, 0.25) is 0 Å². The van der Waals surface area contributed by atoms with Crippen LogP contribution in [0.1, 0.15) is 52.9 Å². The van der Waals surface area contributed by atoms with E-state index < -0.39 is 23.3 Å². The molecule has 0 heterocycles. The van der Waals surface area contributed by atoms with Crippen LogP contribution in [-0.2, 0) is 9.59 Å². The molecule has 0 aliphatic heterocycles. The maximum Gasteiger partial charge on any atom is 1.00 e. The summed E-state index contributed by atoms with van der Waals surface area (Å²) in [6.45, 7) is 5.35.